The minimum Gasteiger partial charge on any atom is -0.397 e. The van der Waals surface area contributed by atoms with Gasteiger partial charge in [-0.3, -0.25) is 19.1 Å². The summed E-state index contributed by atoms with van der Waals surface area (Å²) in [5.74, 6) is 0.0404. The van der Waals surface area contributed by atoms with Crippen LogP contribution in [-0.2, 0) is 37.2 Å². The number of rotatable bonds is 22. The van der Waals surface area contributed by atoms with Crippen molar-refractivity contribution in [1.29, 1.82) is 0 Å². The largest absolute Gasteiger partial charge is 0.397 e. The molecular weight excluding hydrogens is 797 g/mol. The van der Waals surface area contributed by atoms with Gasteiger partial charge in [0.2, 0.25) is 27.7 Å². The predicted molar refractivity (Wildman–Crippen MR) is 263 cm³/mol. The number of hydrogen-bond donors (Lipinski definition) is 4. The lowest BCUT2D eigenvalue weighted by Crippen LogP contribution is -2.31. The van der Waals surface area contributed by atoms with Crippen molar-refractivity contribution in [3.05, 3.63) is 33.4 Å². The Morgan fingerprint density at radius 3 is 1.45 bits per heavy atom. The highest BCUT2D eigenvalue weighted by molar-refractivity contribution is 7.92. The number of likely N-dealkylation sites (N-methyl/N-ethyl adjacent to an activating group) is 1. The van der Waals surface area contributed by atoms with Crippen LogP contribution in [0.2, 0.25) is 0 Å². The lowest BCUT2D eigenvalue weighted by atomic mass is 9.85. The Labute approximate surface area is 376 Å². The summed E-state index contributed by atoms with van der Waals surface area (Å²) in [6.45, 7) is 23.4. The van der Waals surface area contributed by atoms with E-state index in [-0.39, 0.29) is 17.7 Å². The number of amides is 3. The number of fused-ring (bicyclic) bond motifs is 2. The molecule has 0 radical (unpaired) electrons. The zero-order valence-electron chi connectivity index (χ0n) is 41.1. The van der Waals surface area contributed by atoms with E-state index in [0.29, 0.717) is 17.9 Å². The standard InChI is InChI=1S/C25H43N3O3S.C25H41N3O2/c1-8-9-10-11-12-13-14-16-25(4,5)24(29)26-21-18(2)20-15-17-28(6)23(20)22(19(21)3)27-32(7,30)31;1-7-8-9-10-11-12-13-15-25(5,6)24(30)27-22-17(2)20-14-16-28(19(4)29)23(20)21(26)18(22)3/h27H,8-17H2,1-7H3,(H,26,29);7-16,26H2,1-6H3,(H,27,30). The maximum atomic E-state index is 13.2. The maximum Gasteiger partial charge on any atom is 0.230 e. The Morgan fingerprint density at radius 1 is 0.613 bits per heavy atom. The Balaban J connectivity index is 0.000000331. The molecule has 0 aliphatic carbocycles. The van der Waals surface area contributed by atoms with E-state index in [1.807, 2.05) is 62.4 Å². The molecule has 350 valence electrons. The highest BCUT2D eigenvalue weighted by Gasteiger charge is 2.34. The van der Waals surface area contributed by atoms with E-state index in [0.717, 1.165) is 114 Å². The van der Waals surface area contributed by atoms with Gasteiger partial charge in [-0.25, -0.2) is 8.42 Å². The van der Waals surface area contributed by atoms with Crippen molar-refractivity contribution < 1.29 is 22.8 Å². The molecule has 0 spiro atoms. The molecule has 2 aromatic carbocycles. The van der Waals surface area contributed by atoms with Gasteiger partial charge in [0.05, 0.1) is 29.0 Å². The van der Waals surface area contributed by atoms with Crippen LogP contribution in [0.1, 0.15) is 185 Å². The summed E-state index contributed by atoms with van der Waals surface area (Å²) >= 11 is 0. The van der Waals surface area contributed by atoms with Gasteiger partial charge >= 0.3 is 0 Å². The third kappa shape index (κ3) is 13.8. The van der Waals surface area contributed by atoms with Crippen molar-refractivity contribution in [2.45, 2.75) is 192 Å². The summed E-state index contributed by atoms with van der Waals surface area (Å²) in [4.78, 5) is 42.2. The van der Waals surface area contributed by atoms with Gasteiger partial charge in [0.1, 0.15) is 0 Å². The van der Waals surface area contributed by atoms with Gasteiger partial charge in [-0.1, -0.05) is 131 Å². The second-order valence-electron chi connectivity index (χ2n) is 19.6. The second kappa shape index (κ2) is 23.2. The van der Waals surface area contributed by atoms with Crippen LogP contribution in [0.15, 0.2) is 0 Å². The van der Waals surface area contributed by atoms with E-state index in [4.69, 9.17) is 5.73 Å². The summed E-state index contributed by atoms with van der Waals surface area (Å²) in [6, 6.07) is 0. The van der Waals surface area contributed by atoms with Gasteiger partial charge < -0.3 is 26.2 Å². The molecule has 12 heteroatoms. The Bertz CT molecular complexity index is 1990. The van der Waals surface area contributed by atoms with Crippen molar-refractivity contribution in [1.82, 2.24) is 0 Å². The molecule has 62 heavy (non-hydrogen) atoms. The topological polar surface area (TPSA) is 154 Å². The van der Waals surface area contributed by atoms with Crippen molar-refractivity contribution in [2.75, 3.05) is 57.3 Å². The molecule has 0 bridgehead atoms. The van der Waals surface area contributed by atoms with E-state index >= 15 is 0 Å². The molecule has 2 heterocycles. The third-order valence-electron chi connectivity index (χ3n) is 13.4. The van der Waals surface area contributed by atoms with Crippen LogP contribution in [0.5, 0.6) is 0 Å². The van der Waals surface area contributed by atoms with Gasteiger partial charge in [-0.2, -0.15) is 0 Å². The minimum absolute atomic E-state index is 0.00635. The first-order chi connectivity index (χ1) is 29.0. The summed E-state index contributed by atoms with van der Waals surface area (Å²) in [6.07, 6.45) is 21.8. The number of anilines is 6. The van der Waals surface area contributed by atoms with Crippen LogP contribution in [0.4, 0.5) is 34.1 Å². The molecular formula is C50H84N6O5S. The van der Waals surface area contributed by atoms with Gasteiger partial charge in [-0.15, -0.1) is 0 Å². The fourth-order valence-corrected chi connectivity index (χ4v) is 9.68. The lowest BCUT2D eigenvalue weighted by molar-refractivity contribution is -0.125. The highest BCUT2D eigenvalue weighted by Crippen LogP contribution is 2.46. The fourth-order valence-electron chi connectivity index (χ4n) is 9.06. The molecule has 2 aliphatic rings. The molecule has 0 saturated heterocycles. The van der Waals surface area contributed by atoms with Crippen LogP contribution < -0.4 is 30.9 Å². The van der Waals surface area contributed by atoms with Crippen molar-refractivity contribution in [3.63, 3.8) is 0 Å². The molecule has 4 rings (SSSR count). The smallest absolute Gasteiger partial charge is 0.230 e. The Hall–Kier alpha value is -3.80. The Kier molecular flexibility index (Phi) is 19.7. The summed E-state index contributed by atoms with van der Waals surface area (Å²) in [5, 5.41) is 6.35. The number of benzene rings is 2. The third-order valence-corrected chi connectivity index (χ3v) is 13.9. The zero-order chi connectivity index (χ0) is 46.6. The molecule has 2 aliphatic heterocycles. The van der Waals surface area contributed by atoms with E-state index in [2.05, 4.69) is 34.1 Å². The molecule has 0 fully saturated rings. The van der Waals surface area contributed by atoms with E-state index in [1.165, 1.54) is 70.6 Å². The van der Waals surface area contributed by atoms with Crippen LogP contribution in [0.25, 0.3) is 0 Å². The van der Waals surface area contributed by atoms with Crippen molar-refractivity contribution >= 4 is 61.9 Å². The average Bonchev–Trinajstić information content (AvgIpc) is 3.83. The van der Waals surface area contributed by atoms with Crippen molar-refractivity contribution in [2.24, 2.45) is 10.8 Å². The first-order valence-corrected chi connectivity index (χ1v) is 25.6. The molecule has 2 aromatic rings. The van der Waals surface area contributed by atoms with Gasteiger partial charge in [0, 0.05) is 49.3 Å². The zero-order valence-corrected chi connectivity index (χ0v) is 41.9. The number of nitrogens with one attached hydrogen (secondary N) is 3. The quantitative estimate of drug-likeness (QED) is 0.0678. The summed E-state index contributed by atoms with van der Waals surface area (Å²) in [5.41, 5.74) is 15.8. The van der Waals surface area contributed by atoms with E-state index in [9.17, 15) is 22.8 Å². The molecule has 5 N–H and O–H groups in total. The van der Waals surface area contributed by atoms with Crippen LogP contribution in [0.3, 0.4) is 0 Å². The lowest BCUT2D eigenvalue weighted by Gasteiger charge is -2.27. The van der Waals surface area contributed by atoms with Gasteiger partial charge in [-0.05, 0) is 86.8 Å². The average molecular weight is 881 g/mol. The first kappa shape index (κ1) is 52.5. The van der Waals surface area contributed by atoms with E-state index < -0.39 is 20.9 Å². The van der Waals surface area contributed by atoms with Crippen LogP contribution in [-0.4, -0.2) is 52.5 Å². The molecule has 0 unspecified atom stereocenters. The summed E-state index contributed by atoms with van der Waals surface area (Å²) < 4.78 is 26.8. The minimum atomic E-state index is -3.44. The SMILES string of the molecule is CCCCCCCCCC(C)(C)C(=O)Nc1c(C)c(N)c2c(c1C)CCN2C(C)=O.CCCCCCCCCC(C)(C)C(=O)Nc1c(C)c2c(c(NS(C)(=O)=O)c1C)N(C)CC2. The van der Waals surface area contributed by atoms with Gasteiger partial charge in [0.15, 0.2) is 0 Å². The number of carbonyl (C=O) groups excluding carboxylic acids is 3. The van der Waals surface area contributed by atoms with Crippen molar-refractivity contribution in [3.8, 4) is 0 Å². The highest BCUT2D eigenvalue weighted by atomic mass is 32.2. The van der Waals surface area contributed by atoms with Gasteiger partial charge in [0.25, 0.3) is 0 Å². The van der Waals surface area contributed by atoms with E-state index in [1.54, 1.807) is 11.8 Å². The maximum absolute atomic E-state index is 13.2. The molecule has 3 amide bonds. The molecule has 0 aromatic heterocycles. The molecule has 11 nitrogen and oxygen atoms in total. The number of nitrogens with two attached hydrogens (primary N) is 1. The fraction of sp³-hybridized carbons (Fsp3) is 0.700. The number of hydrogen-bond acceptors (Lipinski definition) is 7. The second-order valence-corrected chi connectivity index (χ2v) is 21.3. The predicted octanol–water partition coefficient (Wildman–Crippen LogP) is 11.7. The number of sulfonamides is 1. The summed E-state index contributed by atoms with van der Waals surface area (Å²) in [7, 11) is -1.47. The molecule has 0 saturated carbocycles. The van der Waals surface area contributed by atoms with Crippen LogP contribution in [0, 0.1) is 38.5 Å². The number of nitrogen functional groups attached to an aromatic ring is 1. The monoisotopic (exact) mass is 881 g/mol. The number of carbonyl (C=O) groups is 3. The molecule has 0 atom stereocenters. The number of nitrogens with zero attached hydrogens (tertiary/aromatic N) is 2. The Morgan fingerprint density at radius 2 is 1.02 bits per heavy atom. The van der Waals surface area contributed by atoms with Crippen LogP contribution >= 0.6 is 0 Å². The number of unbranched alkanes of at least 4 members (excludes halogenated alkanes) is 12. The normalized spacial score (nSPS) is 13.7. The first-order valence-electron chi connectivity index (χ1n) is 23.7.